The molecule has 0 saturated carbocycles. The first kappa shape index (κ1) is 11.9. The van der Waals surface area contributed by atoms with E-state index in [4.69, 9.17) is 0 Å². The number of aliphatic hydroxyl groups is 1. The first-order valence-corrected chi connectivity index (χ1v) is 6.06. The van der Waals surface area contributed by atoms with Gasteiger partial charge in [-0.2, -0.15) is 0 Å². The molecule has 0 spiro atoms. The van der Waals surface area contributed by atoms with Gasteiger partial charge in [0.1, 0.15) is 9.61 Å². The Morgan fingerprint density at radius 2 is 2.43 bits per heavy atom. The Kier molecular flexibility index (Phi) is 3.86. The second kappa shape index (κ2) is 4.55. The summed E-state index contributed by atoms with van der Waals surface area (Å²) in [4.78, 5) is 4.33. The molecule has 4 heteroatoms. The van der Waals surface area contributed by atoms with E-state index in [0.717, 1.165) is 9.61 Å². The lowest BCUT2D eigenvalue weighted by atomic mass is 9.85. The minimum Gasteiger partial charge on any atom is -0.392 e. The monoisotopic (exact) mass is 275 g/mol. The van der Waals surface area contributed by atoms with Crippen LogP contribution < -0.4 is 0 Å². The van der Waals surface area contributed by atoms with Crippen molar-refractivity contribution in [1.29, 1.82) is 0 Å². The number of rotatable bonds is 4. The van der Waals surface area contributed by atoms with Crippen LogP contribution in [0.1, 0.15) is 25.3 Å². The molecular formula is C10H14BrNOS. The van der Waals surface area contributed by atoms with Crippen molar-refractivity contribution in [3.8, 4) is 0 Å². The third-order valence-corrected chi connectivity index (χ3v) is 4.14. The van der Waals surface area contributed by atoms with Gasteiger partial charge in [-0.25, -0.2) is 4.98 Å². The summed E-state index contributed by atoms with van der Waals surface area (Å²) in [5, 5.41) is 12.8. The molecule has 2 nitrogen and oxygen atoms in total. The largest absolute Gasteiger partial charge is 0.392 e. The minimum absolute atomic E-state index is 0.315. The normalized spacial score (nSPS) is 14.0. The lowest BCUT2D eigenvalue weighted by Crippen LogP contribution is -2.33. The van der Waals surface area contributed by atoms with Crippen LogP contribution in [-0.2, 0) is 5.41 Å². The zero-order valence-electron chi connectivity index (χ0n) is 8.33. The van der Waals surface area contributed by atoms with E-state index in [1.807, 2.05) is 19.2 Å². The van der Waals surface area contributed by atoms with E-state index in [1.165, 1.54) is 0 Å². The molecule has 1 heterocycles. The molecule has 0 aromatic carbocycles. The molecule has 0 aliphatic heterocycles. The van der Waals surface area contributed by atoms with Crippen molar-refractivity contribution in [1.82, 2.24) is 4.98 Å². The van der Waals surface area contributed by atoms with Crippen LogP contribution in [0.4, 0.5) is 0 Å². The molecule has 0 aliphatic carbocycles. The molecule has 1 atom stereocenters. The highest BCUT2D eigenvalue weighted by molar-refractivity contribution is 9.10. The Hall–Kier alpha value is -0.190. The Balaban J connectivity index is 2.88. The van der Waals surface area contributed by atoms with Crippen molar-refractivity contribution < 1.29 is 5.11 Å². The average Bonchev–Trinajstić information content (AvgIpc) is 2.52. The van der Waals surface area contributed by atoms with Crippen LogP contribution in [0.2, 0.25) is 0 Å². The van der Waals surface area contributed by atoms with Crippen molar-refractivity contribution in [2.45, 2.75) is 31.8 Å². The summed E-state index contributed by atoms with van der Waals surface area (Å²) in [6.45, 7) is 7.61. The summed E-state index contributed by atoms with van der Waals surface area (Å²) in [5.74, 6) is 0. The number of halogens is 1. The van der Waals surface area contributed by atoms with E-state index in [-0.39, 0.29) is 5.41 Å². The maximum absolute atomic E-state index is 9.92. The van der Waals surface area contributed by atoms with E-state index in [0.29, 0.717) is 6.42 Å². The van der Waals surface area contributed by atoms with Crippen molar-refractivity contribution in [2.24, 2.45) is 0 Å². The van der Waals surface area contributed by atoms with Gasteiger partial charge in [-0.1, -0.05) is 19.9 Å². The third kappa shape index (κ3) is 2.43. The molecule has 0 amide bonds. The second-order valence-corrected chi connectivity index (χ2v) is 5.41. The van der Waals surface area contributed by atoms with E-state index in [1.54, 1.807) is 17.4 Å². The molecule has 1 N–H and O–H groups in total. The SMILES string of the molecule is C=CCC(O)C(C)(C)c1nc(Br)cs1. The summed E-state index contributed by atoms with van der Waals surface area (Å²) in [6.07, 6.45) is 1.89. The maximum Gasteiger partial charge on any atom is 0.117 e. The molecule has 14 heavy (non-hydrogen) atoms. The van der Waals surface area contributed by atoms with Gasteiger partial charge in [-0.3, -0.25) is 0 Å². The molecule has 1 unspecified atom stereocenters. The molecule has 1 aromatic heterocycles. The van der Waals surface area contributed by atoms with Gasteiger partial charge in [0.2, 0.25) is 0 Å². The molecule has 0 fully saturated rings. The zero-order valence-corrected chi connectivity index (χ0v) is 10.7. The van der Waals surface area contributed by atoms with E-state index in [9.17, 15) is 5.11 Å². The Bertz CT molecular complexity index is 322. The number of aliphatic hydroxyl groups excluding tert-OH is 1. The maximum atomic E-state index is 9.92. The smallest absolute Gasteiger partial charge is 0.117 e. The number of aromatic nitrogens is 1. The van der Waals surface area contributed by atoms with Gasteiger partial charge >= 0.3 is 0 Å². The molecule has 0 saturated heterocycles. The first-order valence-electron chi connectivity index (χ1n) is 4.39. The zero-order chi connectivity index (χ0) is 10.8. The van der Waals surface area contributed by atoms with Crippen molar-refractivity contribution >= 4 is 27.3 Å². The molecule has 1 rings (SSSR count). The summed E-state index contributed by atoms with van der Waals surface area (Å²) >= 11 is 4.87. The molecule has 0 radical (unpaired) electrons. The van der Waals surface area contributed by atoms with Gasteiger partial charge in [0, 0.05) is 10.8 Å². The standard InChI is InChI=1S/C10H14BrNOS/c1-4-5-7(13)10(2,3)9-12-8(11)6-14-9/h4,6-7,13H,1,5H2,2-3H3. The number of hydrogen-bond acceptors (Lipinski definition) is 3. The highest BCUT2D eigenvalue weighted by atomic mass is 79.9. The highest BCUT2D eigenvalue weighted by Crippen LogP contribution is 2.32. The lowest BCUT2D eigenvalue weighted by Gasteiger charge is -2.27. The number of nitrogens with zero attached hydrogens (tertiary/aromatic N) is 1. The Morgan fingerprint density at radius 3 is 2.86 bits per heavy atom. The first-order chi connectivity index (χ1) is 6.48. The summed E-state index contributed by atoms with van der Waals surface area (Å²) in [5.41, 5.74) is -0.315. The molecule has 78 valence electrons. The fourth-order valence-corrected chi connectivity index (χ4v) is 2.57. The minimum atomic E-state index is -0.432. The van der Waals surface area contributed by atoms with Gasteiger partial charge in [0.25, 0.3) is 0 Å². The van der Waals surface area contributed by atoms with Crippen LogP contribution >= 0.6 is 27.3 Å². The van der Waals surface area contributed by atoms with E-state index < -0.39 is 6.10 Å². The molecular weight excluding hydrogens is 262 g/mol. The van der Waals surface area contributed by atoms with Gasteiger partial charge in [-0.05, 0) is 22.4 Å². The topological polar surface area (TPSA) is 33.1 Å². The van der Waals surface area contributed by atoms with Gasteiger partial charge in [0.05, 0.1) is 6.10 Å². The van der Waals surface area contributed by atoms with Crippen LogP contribution in [0, 0.1) is 0 Å². The van der Waals surface area contributed by atoms with Crippen molar-refractivity contribution in [2.75, 3.05) is 0 Å². The number of thiazole rings is 1. The highest BCUT2D eigenvalue weighted by Gasteiger charge is 2.31. The van der Waals surface area contributed by atoms with Crippen LogP contribution in [0.25, 0.3) is 0 Å². The van der Waals surface area contributed by atoms with Gasteiger partial charge in [0.15, 0.2) is 0 Å². The lowest BCUT2D eigenvalue weighted by molar-refractivity contribution is 0.102. The van der Waals surface area contributed by atoms with Crippen LogP contribution in [-0.4, -0.2) is 16.2 Å². The van der Waals surface area contributed by atoms with Crippen molar-refractivity contribution in [3.63, 3.8) is 0 Å². The van der Waals surface area contributed by atoms with Crippen LogP contribution in [0.15, 0.2) is 22.6 Å². The average molecular weight is 276 g/mol. The van der Waals surface area contributed by atoms with E-state index in [2.05, 4.69) is 27.5 Å². The predicted molar refractivity (Wildman–Crippen MR) is 63.7 cm³/mol. The Morgan fingerprint density at radius 1 is 1.79 bits per heavy atom. The fourth-order valence-electron chi connectivity index (χ4n) is 1.15. The van der Waals surface area contributed by atoms with Gasteiger partial charge < -0.3 is 5.11 Å². The molecule has 0 bridgehead atoms. The molecule has 1 aromatic rings. The van der Waals surface area contributed by atoms with Crippen molar-refractivity contribution in [3.05, 3.63) is 27.6 Å². The van der Waals surface area contributed by atoms with Crippen LogP contribution in [0.3, 0.4) is 0 Å². The fraction of sp³-hybridized carbons (Fsp3) is 0.500. The van der Waals surface area contributed by atoms with Crippen LogP contribution in [0.5, 0.6) is 0 Å². The number of hydrogen-bond donors (Lipinski definition) is 1. The summed E-state index contributed by atoms with van der Waals surface area (Å²) < 4.78 is 0.830. The predicted octanol–water partition coefficient (Wildman–Crippen LogP) is 3.12. The van der Waals surface area contributed by atoms with Gasteiger partial charge in [-0.15, -0.1) is 17.9 Å². The Labute approximate surface area is 96.8 Å². The van der Waals surface area contributed by atoms with E-state index >= 15 is 0 Å². The third-order valence-electron chi connectivity index (χ3n) is 2.25. The summed E-state index contributed by atoms with van der Waals surface area (Å²) in [6, 6.07) is 0. The second-order valence-electron chi connectivity index (χ2n) is 3.74. The molecule has 0 aliphatic rings. The quantitative estimate of drug-likeness (QED) is 0.857. The summed E-state index contributed by atoms with van der Waals surface area (Å²) in [7, 11) is 0.